The second kappa shape index (κ2) is 21.8. The van der Waals surface area contributed by atoms with Crippen LogP contribution in [-0.4, -0.2) is 65.2 Å². The fourth-order valence-electron chi connectivity index (χ4n) is 6.70. The Labute approximate surface area is 405 Å². The van der Waals surface area contributed by atoms with E-state index < -0.39 is 11.2 Å². The second-order valence-electron chi connectivity index (χ2n) is 18.0. The zero-order valence-corrected chi connectivity index (χ0v) is 41.4. The number of esters is 2. The first-order valence-corrected chi connectivity index (χ1v) is 22.8. The molecule has 0 unspecified atom stereocenters. The molecule has 356 valence electrons. The molecule has 0 aliphatic rings. The molecule has 0 amide bonds. The number of halogens is 2. The van der Waals surface area contributed by atoms with Crippen molar-refractivity contribution in [2.24, 2.45) is 0 Å². The third-order valence-corrected chi connectivity index (χ3v) is 9.97. The highest BCUT2D eigenvalue weighted by molar-refractivity contribution is 6.32. The Kier molecular flexibility index (Phi) is 16.2. The molecule has 8 aromatic rings. The van der Waals surface area contributed by atoms with Crippen molar-refractivity contribution in [3.63, 3.8) is 0 Å². The van der Waals surface area contributed by atoms with Crippen LogP contribution in [0.15, 0.2) is 119 Å². The van der Waals surface area contributed by atoms with Gasteiger partial charge in [-0.05, 0) is 142 Å². The van der Waals surface area contributed by atoms with Gasteiger partial charge >= 0.3 is 11.9 Å². The van der Waals surface area contributed by atoms with Crippen molar-refractivity contribution in [2.75, 3.05) is 0 Å². The van der Waals surface area contributed by atoms with Gasteiger partial charge < -0.3 is 37.5 Å². The highest BCUT2D eigenvalue weighted by Crippen LogP contribution is 2.35. The first-order chi connectivity index (χ1) is 32.2. The summed E-state index contributed by atoms with van der Waals surface area (Å²) in [6.45, 7) is 22.6. The fourth-order valence-corrected chi connectivity index (χ4v) is 7.15. The van der Waals surface area contributed by atoms with Crippen LogP contribution in [0.25, 0.3) is 67.5 Å². The number of aryl methyl sites for hydroxylation is 1. The summed E-state index contributed by atoms with van der Waals surface area (Å²) in [5, 5.41) is 11.2. The molecule has 68 heavy (non-hydrogen) atoms. The molecule has 8 rings (SSSR count). The summed E-state index contributed by atoms with van der Waals surface area (Å²) < 4.78 is 34.7. The molecule has 0 aliphatic heterocycles. The summed E-state index contributed by atoms with van der Waals surface area (Å²) in [5.74, 6) is 2.46. The number of carbonyl (C=O) groups excluding carboxylic acids is 2. The first-order valence-electron chi connectivity index (χ1n) is 22.0. The third-order valence-electron chi connectivity index (χ3n) is 9.38. The highest BCUT2D eigenvalue weighted by atomic mass is 35.5. The van der Waals surface area contributed by atoms with Crippen molar-refractivity contribution in [2.45, 2.75) is 106 Å². The number of benzene rings is 4. The minimum atomic E-state index is -0.495. The van der Waals surface area contributed by atoms with E-state index in [1.807, 2.05) is 153 Å². The van der Waals surface area contributed by atoms with E-state index in [9.17, 15) is 9.59 Å². The van der Waals surface area contributed by atoms with Crippen LogP contribution in [0, 0.1) is 0 Å². The summed E-state index contributed by atoms with van der Waals surface area (Å²) in [5.41, 5.74) is 4.32. The van der Waals surface area contributed by atoms with E-state index in [0.717, 1.165) is 50.1 Å². The Morgan fingerprint density at radius 1 is 0.721 bits per heavy atom. The maximum absolute atomic E-state index is 12.1. The number of carbonyl (C=O) groups is 2. The predicted octanol–water partition coefficient (Wildman–Crippen LogP) is 13.4. The number of ether oxygens (including phenoxy) is 4. The number of H-pyrrole nitrogens is 1. The molecule has 0 radical (unpaired) electrons. The number of hydrogen-bond donors (Lipinski definition) is 1. The number of nitrogens with zero attached hydrogens (tertiary/aromatic N) is 5. The summed E-state index contributed by atoms with van der Waals surface area (Å²) in [7, 11) is 0. The monoisotopic (exact) mass is 962 g/mol. The van der Waals surface area contributed by atoms with E-state index in [-0.39, 0.29) is 30.6 Å². The zero-order chi connectivity index (χ0) is 49.3. The normalized spacial score (nSPS) is 11.5. The molecule has 4 aromatic heterocycles. The second-order valence-corrected chi connectivity index (χ2v) is 18.9. The smallest absolute Gasteiger partial charge is 0.330 e. The molecule has 0 saturated carbocycles. The van der Waals surface area contributed by atoms with Gasteiger partial charge in [0.05, 0.1) is 28.7 Å². The molecule has 16 heteroatoms. The van der Waals surface area contributed by atoms with Gasteiger partial charge in [0.1, 0.15) is 22.7 Å². The predicted molar refractivity (Wildman–Crippen MR) is 266 cm³/mol. The Morgan fingerprint density at radius 3 is 1.74 bits per heavy atom. The van der Waals surface area contributed by atoms with Crippen molar-refractivity contribution < 1.29 is 37.6 Å². The lowest BCUT2D eigenvalue weighted by molar-refractivity contribution is -0.155. The molecule has 0 fully saturated rings. The van der Waals surface area contributed by atoms with Crippen LogP contribution in [0.3, 0.4) is 0 Å². The third kappa shape index (κ3) is 13.6. The summed E-state index contributed by atoms with van der Waals surface area (Å²) in [6.07, 6.45) is 5.36. The number of aromatic nitrogens is 6. The number of aromatic amines is 1. The average molecular weight is 964 g/mol. The van der Waals surface area contributed by atoms with Crippen LogP contribution >= 0.6 is 23.2 Å². The first kappa shape index (κ1) is 50.5. The highest BCUT2D eigenvalue weighted by Gasteiger charge is 2.20. The van der Waals surface area contributed by atoms with Crippen LogP contribution in [0.4, 0.5) is 0 Å². The Morgan fingerprint density at radius 2 is 1.25 bits per heavy atom. The SMILES string of the molecule is C=CC(=O)OC(C)(C)C.CC(C)Oc1ccc(-c2noc(-c3cccc4[nH]ccc34)n2)cc1Cl.CC(C)Oc1ccc(-c2noc(-c3cccc4c3ccn4CCC(=O)OC(C)(C)C)n2)cc1Cl. The standard InChI is InChI=1S/C26H28ClN3O4.C19H16ClN3O2.C7H12O2/c1-16(2)32-22-10-9-17(15-20(22)27)24-28-25(34-29-24)19-7-6-8-21-18(19)11-13-30(21)14-12-23(31)33-26(3,4)5;1-11(2)24-17-7-6-12(10-15(17)20)18-22-19(25-23-18)14-4-3-5-16-13(14)8-9-21-16;1-5-6(8)9-7(2,3)4/h6-11,13,15-16H,12,14H2,1-5H3;3-11,21H,1-2H3;5H,1H2,2-4H3. The molecule has 0 atom stereocenters. The van der Waals surface area contributed by atoms with Crippen molar-refractivity contribution in [1.82, 2.24) is 29.8 Å². The van der Waals surface area contributed by atoms with Crippen LogP contribution in [-0.2, 0) is 25.6 Å². The van der Waals surface area contributed by atoms with E-state index in [4.69, 9.17) is 51.2 Å². The Hall–Kier alpha value is -6.90. The van der Waals surface area contributed by atoms with E-state index in [2.05, 4.69) is 31.8 Å². The topological polar surface area (TPSA) is 170 Å². The van der Waals surface area contributed by atoms with Gasteiger partial charge in [0.15, 0.2) is 0 Å². The molecule has 0 aliphatic carbocycles. The molecular formula is C52H56Cl2N6O8. The molecule has 1 N–H and O–H groups in total. The summed E-state index contributed by atoms with van der Waals surface area (Å²) in [6, 6.07) is 26.6. The van der Waals surface area contributed by atoms with Crippen molar-refractivity contribution in [3.8, 4) is 57.2 Å². The lowest BCUT2D eigenvalue weighted by Gasteiger charge is -2.19. The molecule has 4 heterocycles. The van der Waals surface area contributed by atoms with Gasteiger partial charge in [-0.2, -0.15) is 9.97 Å². The Balaban J connectivity index is 0.000000196. The van der Waals surface area contributed by atoms with E-state index >= 15 is 0 Å². The fraction of sp³-hybridized carbons (Fsp3) is 0.308. The average Bonchev–Trinajstić information content (AvgIpc) is 4.11. The molecule has 14 nitrogen and oxygen atoms in total. The minimum Gasteiger partial charge on any atom is -0.489 e. The molecular weight excluding hydrogens is 908 g/mol. The maximum Gasteiger partial charge on any atom is 0.330 e. The van der Waals surface area contributed by atoms with Gasteiger partial charge in [-0.1, -0.05) is 52.2 Å². The number of fused-ring (bicyclic) bond motifs is 2. The van der Waals surface area contributed by atoms with Gasteiger partial charge in [0, 0.05) is 69.1 Å². The van der Waals surface area contributed by atoms with Crippen LogP contribution in [0.2, 0.25) is 10.0 Å². The lowest BCUT2D eigenvalue weighted by atomic mass is 10.1. The van der Waals surface area contributed by atoms with Gasteiger partial charge in [-0.15, -0.1) is 0 Å². The number of hydrogen-bond acceptors (Lipinski definition) is 12. The number of rotatable bonds is 12. The van der Waals surface area contributed by atoms with Gasteiger partial charge in [-0.3, -0.25) is 4.79 Å². The van der Waals surface area contributed by atoms with E-state index in [1.54, 1.807) is 18.2 Å². The molecule has 0 spiro atoms. The van der Waals surface area contributed by atoms with E-state index in [0.29, 0.717) is 51.5 Å². The quantitative estimate of drug-likeness (QED) is 0.0909. The van der Waals surface area contributed by atoms with Crippen LogP contribution in [0.1, 0.15) is 75.7 Å². The van der Waals surface area contributed by atoms with Gasteiger partial charge in [0.25, 0.3) is 11.8 Å². The van der Waals surface area contributed by atoms with Crippen LogP contribution < -0.4 is 9.47 Å². The van der Waals surface area contributed by atoms with Crippen molar-refractivity contribution >= 4 is 56.9 Å². The maximum atomic E-state index is 12.1. The minimum absolute atomic E-state index is 0.0251. The Bertz CT molecular complexity index is 3010. The zero-order valence-electron chi connectivity index (χ0n) is 39.8. The summed E-state index contributed by atoms with van der Waals surface area (Å²) >= 11 is 12.7. The molecule has 4 aromatic carbocycles. The van der Waals surface area contributed by atoms with E-state index in [1.165, 1.54) is 0 Å². The molecule has 0 bridgehead atoms. The van der Waals surface area contributed by atoms with Crippen molar-refractivity contribution in [1.29, 1.82) is 0 Å². The van der Waals surface area contributed by atoms with Gasteiger partial charge in [-0.25, -0.2) is 4.79 Å². The molecule has 0 saturated heterocycles. The van der Waals surface area contributed by atoms with Gasteiger partial charge in [0.2, 0.25) is 11.6 Å². The lowest BCUT2D eigenvalue weighted by Crippen LogP contribution is -2.24. The number of nitrogens with one attached hydrogen (secondary N) is 1. The summed E-state index contributed by atoms with van der Waals surface area (Å²) in [4.78, 5) is 34.9. The largest absolute Gasteiger partial charge is 0.489 e. The van der Waals surface area contributed by atoms with Crippen molar-refractivity contribution in [3.05, 3.63) is 120 Å². The van der Waals surface area contributed by atoms with Crippen LogP contribution in [0.5, 0.6) is 11.5 Å².